The molecule has 5 nitrogen and oxygen atoms in total. The van der Waals surface area contributed by atoms with Gasteiger partial charge in [0.2, 0.25) is 0 Å². The van der Waals surface area contributed by atoms with Crippen molar-refractivity contribution in [2.45, 2.75) is 24.8 Å². The largest absolute Gasteiger partial charge is 0.480 e. The highest BCUT2D eigenvalue weighted by Gasteiger charge is 2.26. The number of hydrogen-bond donors (Lipinski definition) is 2. The first-order chi connectivity index (χ1) is 6.68. The van der Waals surface area contributed by atoms with Gasteiger partial charge >= 0.3 is 5.97 Å². The van der Waals surface area contributed by atoms with E-state index in [1.807, 2.05) is 0 Å². The summed E-state index contributed by atoms with van der Waals surface area (Å²) in [6.45, 7) is 0. The lowest BCUT2D eigenvalue weighted by atomic mass is 10.1. The van der Waals surface area contributed by atoms with Gasteiger partial charge in [0, 0.05) is 11.6 Å². The van der Waals surface area contributed by atoms with Crippen molar-refractivity contribution in [3.05, 3.63) is 23.8 Å². The lowest BCUT2D eigenvalue weighted by Gasteiger charge is -2.06. The van der Waals surface area contributed by atoms with Crippen LogP contribution in [0.25, 0.3) is 0 Å². The molecule has 1 aromatic heterocycles. The van der Waals surface area contributed by atoms with Gasteiger partial charge in [-0.1, -0.05) is 0 Å². The zero-order valence-electron chi connectivity index (χ0n) is 7.55. The van der Waals surface area contributed by atoms with E-state index >= 15 is 0 Å². The fourth-order valence-electron chi connectivity index (χ4n) is 1.29. The van der Waals surface area contributed by atoms with Crippen molar-refractivity contribution in [2.24, 2.45) is 5.73 Å². The molecule has 1 unspecified atom stereocenters. The van der Waals surface area contributed by atoms with E-state index in [1.165, 1.54) is 6.33 Å². The third-order valence-electron chi connectivity index (χ3n) is 2.29. The number of nitrogens with two attached hydrogens (primary N) is 1. The second kappa shape index (κ2) is 3.34. The SMILES string of the molecule is NC(C(=O)O)c1cc(C2CC2)ncn1. The molecule has 1 atom stereocenters. The van der Waals surface area contributed by atoms with E-state index in [0.29, 0.717) is 11.6 Å². The summed E-state index contributed by atoms with van der Waals surface area (Å²) in [4.78, 5) is 18.5. The number of hydrogen-bond acceptors (Lipinski definition) is 4. The van der Waals surface area contributed by atoms with Crippen LogP contribution in [0.1, 0.15) is 36.2 Å². The van der Waals surface area contributed by atoms with Crippen LogP contribution >= 0.6 is 0 Å². The molecular formula is C9H11N3O2. The fourth-order valence-corrected chi connectivity index (χ4v) is 1.29. The van der Waals surface area contributed by atoms with E-state index < -0.39 is 12.0 Å². The highest BCUT2D eigenvalue weighted by atomic mass is 16.4. The molecule has 2 rings (SSSR count). The highest BCUT2D eigenvalue weighted by molar-refractivity contribution is 5.74. The Hall–Kier alpha value is -1.49. The van der Waals surface area contributed by atoms with E-state index in [-0.39, 0.29) is 0 Å². The molecular weight excluding hydrogens is 182 g/mol. The summed E-state index contributed by atoms with van der Waals surface area (Å²) in [5, 5.41) is 8.70. The first-order valence-electron chi connectivity index (χ1n) is 4.48. The van der Waals surface area contributed by atoms with Crippen LogP contribution in [0.2, 0.25) is 0 Å². The molecule has 1 aliphatic carbocycles. The molecule has 1 aliphatic rings. The van der Waals surface area contributed by atoms with Crippen LogP contribution < -0.4 is 5.73 Å². The van der Waals surface area contributed by atoms with Gasteiger partial charge in [0.1, 0.15) is 12.4 Å². The summed E-state index contributed by atoms with van der Waals surface area (Å²) in [7, 11) is 0. The lowest BCUT2D eigenvalue weighted by Crippen LogP contribution is -2.22. The van der Waals surface area contributed by atoms with Gasteiger partial charge in [-0.3, -0.25) is 4.79 Å². The number of aromatic nitrogens is 2. The number of carbonyl (C=O) groups is 1. The highest BCUT2D eigenvalue weighted by Crippen LogP contribution is 2.38. The van der Waals surface area contributed by atoms with E-state index in [0.717, 1.165) is 18.5 Å². The number of carboxylic acid groups (broad SMARTS) is 1. The molecule has 0 radical (unpaired) electrons. The van der Waals surface area contributed by atoms with E-state index in [1.54, 1.807) is 6.07 Å². The predicted octanol–water partition coefficient (Wildman–Crippen LogP) is 0.438. The van der Waals surface area contributed by atoms with Crippen molar-refractivity contribution in [1.82, 2.24) is 9.97 Å². The van der Waals surface area contributed by atoms with Gasteiger partial charge in [-0.15, -0.1) is 0 Å². The molecule has 0 amide bonds. The topological polar surface area (TPSA) is 89.1 Å². The number of carboxylic acids is 1. The summed E-state index contributed by atoms with van der Waals surface area (Å²) in [5.41, 5.74) is 6.73. The monoisotopic (exact) mass is 193 g/mol. The van der Waals surface area contributed by atoms with Crippen molar-refractivity contribution in [1.29, 1.82) is 0 Å². The Balaban J connectivity index is 2.25. The average Bonchev–Trinajstić information content (AvgIpc) is 3.00. The van der Waals surface area contributed by atoms with Gasteiger partial charge < -0.3 is 10.8 Å². The van der Waals surface area contributed by atoms with Crippen LogP contribution in [0, 0.1) is 0 Å². The standard InChI is InChI=1S/C9H11N3O2/c10-8(9(13)14)7-3-6(5-1-2-5)11-4-12-7/h3-5,8H,1-2,10H2,(H,13,14). The molecule has 1 fully saturated rings. The number of rotatable bonds is 3. The summed E-state index contributed by atoms with van der Waals surface area (Å²) in [6, 6.07) is 0.645. The van der Waals surface area contributed by atoms with Gasteiger partial charge in [0.15, 0.2) is 0 Å². The van der Waals surface area contributed by atoms with Gasteiger partial charge in [0.25, 0.3) is 0 Å². The van der Waals surface area contributed by atoms with Crippen molar-refractivity contribution in [2.75, 3.05) is 0 Å². The maximum atomic E-state index is 10.6. The molecule has 14 heavy (non-hydrogen) atoms. The fraction of sp³-hybridized carbons (Fsp3) is 0.444. The Morgan fingerprint density at radius 1 is 1.57 bits per heavy atom. The predicted molar refractivity (Wildman–Crippen MR) is 48.6 cm³/mol. The maximum Gasteiger partial charge on any atom is 0.326 e. The number of nitrogens with zero attached hydrogens (tertiary/aromatic N) is 2. The molecule has 74 valence electrons. The molecule has 1 aromatic rings. The van der Waals surface area contributed by atoms with Crippen LogP contribution in [0.15, 0.2) is 12.4 Å². The molecule has 0 saturated heterocycles. The van der Waals surface area contributed by atoms with Crippen LogP contribution in [0.5, 0.6) is 0 Å². The third kappa shape index (κ3) is 1.72. The van der Waals surface area contributed by atoms with Gasteiger partial charge in [-0.05, 0) is 18.9 Å². The Morgan fingerprint density at radius 2 is 2.29 bits per heavy atom. The zero-order valence-corrected chi connectivity index (χ0v) is 7.55. The minimum absolute atomic E-state index is 0.384. The molecule has 1 saturated carbocycles. The Bertz CT molecular complexity index is 363. The molecule has 0 aromatic carbocycles. The molecule has 1 heterocycles. The van der Waals surface area contributed by atoms with Crippen molar-refractivity contribution < 1.29 is 9.90 Å². The summed E-state index contributed by atoms with van der Waals surface area (Å²) >= 11 is 0. The number of aliphatic carboxylic acids is 1. The van der Waals surface area contributed by atoms with Crippen molar-refractivity contribution >= 4 is 5.97 Å². The first kappa shape index (κ1) is 9.08. The molecule has 0 spiro atoms. The van der Waals surface area contributed by atoms with E-state index in [2.05, 4.69) is 9.97 Å². The molecule has 0 bridgehead atoms. The minimum Gasteiger partial charge on any atom is -0.480 e. The minimum atomic E-state index is -1.06. The summed E-state index contributed by atoms with van der Waals surface area (Å²) in [6.07, 6.45) is 3.63. The maximum absolute atomic E-state index is 10.6. The van der Waals surface area contributed by atoms with Gasteiger partial charge in [0.05, 0.1) is 5.69 Å². The zero-order chi connectivity index (χ0) is 10.1. The normalized spacial score (nSPS) is 17.8. The second-order valence-electron chi connectivity index (χ2n) is 3.46. The van der Waals surface area contributed by atoms with Crippen LogP contribution in [0.3, 0.4) is 0 Å². The van der Waals surface area contributed by atoms with E-state index in [9.17, 15) is 4.79 Å². The van der Waals surface area contributed by atoms with Crippen LogP contribution in [0.4, 0.5) is 0 Å². The first-order valence-corrected chi connectivity index (χ1v) is 4.48. The van der Waals surface area contributed by atoms with Crippen LogP contribution in [-0.4, -0.2) is 21.0 Å². The molecule has 0 aliphatic heterocycles. The molecule has 3 N–H and O–H groups in total. The van der Waals surface area contributed by atoms with Gasteiger partial charge in [-0.2, -0.15) is 0 Å². The van der Waals surface area contributed by atoms with Crippen molar-refractivity contribution in [3.63, 3.8) is 0 Å². The van der Waals surface area contributed by atoms with Gasteiger partial charge in [-0.25, -0.2) is 9.97 Å². The Labute approximate surface area is 81.0 Å². The van der Waals surface area contributed by atoms with Crippen molar-refractivity contribution in [3.8, 4) is 0 Å². The second-order valence-corrected chi connectivity index (χ2v) is 3.46. The Morgan fingerprint density at radius 3 is 2.86 bits per heavy atom. The smallest absolute Gasteiger partial charge is 0.326 e. The van der Waals surface area contributed by atoms with Crippen LogP contribution in [-0.2, 0) is 4.79 Å². The summed E-state index contributed by atoms with van der Waals surface area (Å²) in [5.74, 6) is -0.580. The Kier molecular flexibility index (Phi) is 2.17. The lowest BCUT2D eigenvalue weighted by molar-refractivity contribution is -0.138. The quantitative estimate of drug-likeness (QED) is 0.727. The third-order valence-corrected chi connectivity index (χ3v) is 2.29. The van der Waals surface area contributed by atoms with E-state index in [4.69, 9.17) is 10.8 Å². The average molecular weight is 193 g/mol. The summed E-state index contributed by atoms with van der Waals surface area (Å²) < 4.78 is 0. The molecule has 5 heteroatoms.